The first-order valence-corrected chi connectivity index (χ1v) is 10.2. The molecule has 4 heterocycles. The SMILES string of the molecule is COc1cc(Br)cc2cc(C3=Nn4c(nnc4-c4cc(C)on4)SC3)c(=O)oc12. The van der Waals surface area contributed by atoms with Crippen LogP contribution in [0.1, 0.15) is 11.3 Å². The summed E-state index contributed by atoms with van der Waals surface area (Å²) in [6.07, 6.45) is 0. The van der Waals surface area contributed by atoms with Crippen molar-refractivity contribution < 1.29 is 13.7 Å². The fourth-order valence-corrected chi connectivity index (χ4v) is 4.29. The molecule has 0 amide bonds. The Bertz CT molecular complexity index is 1360. The molecule has 3 aromatic heterocycles. The summed E-state index contributed by atoms with van der Waals surface area (Å²) in [6, 6.07) is 7.10. The fraction of sp³-hybridized carbons (Fsp3) is 0.167. The number of benzene rings is 1. The lowest BCUT2D eigenvalue weighted by atomic mass is 10.1. The summed E-state index contributed by atoms with van der Waals surface area (Å²) in [5.41, 5.74) is 1.33. The number of hydrogen-bond donors (Lipinski definition) is 0. The highest BCUT2D eigenvalue weighted by atomic mass is 79.9. The van der Waals surface area contributed by atoms with Crippen molar-refractivity contribution in [1.29, 1.82) is 0 Å². The average Bonchev–Trinajstić information content (AvgIpc) is 3.32. The van der Waals surface area contributed by atoms with Crippen LogP contribution in [0.2, 0.25) is 0 Å². The van der Waals surface area contributed by atoms with Crippen molar-refractivity contribution in [2.75, 3.05) is 12.9 Å². The highest BCUT2D eigenvalue weighted by Gasteiger charge is 2.24. The molecule has 0 aliphatic carbocycles. The summed E-state index contributed by atoms with van der Waals surface area (Å²) in [6.45, 7) is 1.79. The van der Waals surface area contributed by atoms with Gasteiger partial charge in [0.2, 0.25) is 11.0 Å². The Kier molecular flexibility index (Phi) is 4.28. The maximum absolute atomic E-state index is 12.7. The molecule has 0 N–H and O–H groups in total. The van der Waals surface area contributed by atoms with E-state index in [4.69, 9.17) is 13.7 Å². The lowest BCUT2D eigenvalue weighted by Gasteiger charge is -2.13. The lowest BCUT2D eigenvalue weighted by molar-refractivity contribution is 0.399. The predicted molar refractivity (Wildman–Crippen MR) is 110 cm³/mol. The lowest BCUT2D eigenvalue weighted by Crippen LogP contribution is -2.21. The summed E-state index contributed by atoms with van der Waals surface area (Å²) in [7, 11) is 1.53. The Morgan fingerprint density at radius 1 is 1.24 bits per heavy atom. The van der Waals surface area contributed by atoms with Crippen LogP contribution in [0.5, 0.6) is 5.75 Å². The minimum Gasteiger partial charge on any atom is -0.493 e. The zero-order valence-corrected chi connectivity index (χ0v) is 17.6. The smallest absolute Gasteiger partial charge is 0.345 e. The van der Waals surface area contributed by atoms with Gasteiger partial charge in [-0.3, -0.25) is 0 Å². The topological polar surface area (TPSA) is 109 Å². The van der Waals surface area contributed by atoms with Crippen molar-refractivity contribution in [1.82, 2.24) is 20.0 Å². The van der Waals surface area contributed by atoms with Crippen LogP contribution in [0.3, 0.4) is 0 Å². The number of methoxy groups -OCH3 is 1. The van der Waals surface area contributed by atoms with E-state index in [9.17, 15) is 4.79 Å². The van der Waals surface area contributed by atoms with Gasteiger partial charge in [-0.25, -0.2) is 4.79 Å². The van der Waals surface area contributed by atoms with Crippen LogP contribution in [0, 0.1) is 6.92 Å². The second kappa shape index (κ2) is 6.85. The van der Waals surface area contributed by atoms with E-state index in [-0.39, 0.29) is 0 Å². The highest BCUT2D eigenvalue weighted by Crippen LogP contribution is 2.31. The van der Waals surface area contributed by atoms with E-state index < -0.39 is 5.63 Å². The van der Waals surface area contributed by atoms with Gasteiger partial charge in [0.1, 0.15) is 5.76 Å². The van der Waals surface area contributed by atoms with Crippen LogP contribution in [0.4, 0.5) is 0 Å². The zero-order chi connectivity index (χ0) is 20.1. The van der Waals surface area contributed by atoms with E-state index >= 15 is 0 Å². The number of aryl methyl sites for hydroxylation is 1. The molecule has 1 aromatic carbocycles. The highest BCUT2D eigenvalue weighted by molar-refractivity contribution is 9.10. The van der Waals surface area contributed by atoms with Crippen LogP contribution in [0.15, 0.2) is 52.7 Å². The first-order valence-electron chi connectivity index (χ1n) is 8.45. The van der Waals surface area contributed by atoms with Gasteiger partial charge in [-0.15, -0.1) is 10.2 Å². The van der Waals surface area contributed by atoms with Gasteiger partial charge in [0.25, 0.3) is 0 Å². The van der Waals surface area contributed by atoms with Gasteiger partial charge in [0, 0.05) is 21.7 Å². The molecule has 11 heteroatoms. The van der Waals surface area contributed by atoms with Crippen molar-refractivity contribution in [3.63, 3.8) is 0 Å². The fourth-order valence-electron chi connectivity index (χ4n) is 3.01. The Morgan fingerprint density at radius 3 is 2.86 bits per heavy atom. The monoisotopic (exact) mass is 473 g/mol. The van der Waals surface area contributed by atoms with Crippen molar-refractivity contribution >= 4 is 44.4 Å². The van der Waals surface area contributed by atoms with E-state index in [0.717, 1.165) is 9.86 Å². The van der Waals surface area contributed by atoms with Gasteiger partial charge >= 0.3 is 5.63 Å². The van der Waals surface area contributed by atoms with E-state index in [2.05, 4.69) is 36.4 Å². The molecule has 9 nitrogen and oxygen atoms in total. The number of hydrogen-bond acceptors (Lipinski definition) is 9. The third-order valence-electron chi connectivity index (χ3n) is 4.32. The summed E-state index contributed by atoms with van der Waals surface area (Å²) in [5.74, 6) is 2.02. The number of aromatic nitrogens is 4. The van der Waals surface area contributed by atoms with Crippen LogP contribution >= 0.6 is 27.7 Å². The van der Waals surface area contributed by atoms with Gasteiger partial charge in [0.15, 0.2) is 17.0 Å². The molecule has 4 aromatic rings. The summed E-state index contributed by atoms with van der Waals surface area (Å²) >= 11 is 4.87. The number of thioether (sulfide) groups is 1. The number of fused-ring (bicyclic) bond motifs is 2. The maximum Gasteiger partial charge on any atom is 0.345 e. The second-order valence-corrected chi connectivity index (χ2v) is 8.11. The van der Waals surface area contributed by atoms with Gasteiger partial charge in [0.05, 0.1) is 18.4 Å². The molecule has 0 unspecified atom stereocenters. The quantitative estimate of drug-likeness (QED) is 0.416. The predicted octanol–water partition coefficient (Wildman–Crippen LogP) is 3.48. The van der Waals surface area contributed by atoms with Crippen molar-refractivity contribution in [3.8, 4) is 17.3 Å². The molecule has 5 rings (SSSR count). The zero-order valence-electron chi connectivity index (χ0n) is 15.2. The van der Waals surface area contributed by atoms with Crippen LogP contribution < -0.4 is 10.4 Å². The molecule has 29 heavy (non-hydrogen) atoms. The van der Waals surface area contributed by atoms with Crippen molar-refractivity contribution in [2.24, 2.45) is 5.10 Å². The molecule has 0 spiro atoms. The second-order valence-electron chi connectivity index (χ2n) is 6.25. The average molecular weight is 474 g/mol. The molecule has 0 bridgehead atoms. The largest absolute Gasteiger partial charge is 0.493 e. The molecule has 0 saturated heterocycles. The normalized spacial score (nSPS) is 13.4. The summed E-state index contributed by atoms with van der Waals surface area (Å²) in [5, 5.41) is 18.2. The number of nitrogens with zero attached hydrogens (tertiary/aromatic N) is 5. The Hall–Kier alpha value is -2.92. The molecule has 1 aliphatic heterocycles. The molecule has 146 valence electrons. The van der Waals surface area contributed by atoms with Gasteiger partial charge in [-0.1, -0.05) is 32.8 Å². The standard InChI is InChI=1S/C18H12BrN5O4S/c1-8-3-12(23-28-8)16-20-21-18-24(16)22-13(7-29-18)11-5-9-4-10(19)6-14(26-2)15(9)27-17(11)25/h3-6H,7H2,1-2H3. The third kappa shape index (κ3) is 3.06. The molecule has 0 radical (unpaired) electrons. The minimum absolute atomic E-state index is 0.367. The molecule has 0 saturated carbocycles. The van der Waals surface area contributed by atoms with Crippen molar-refractivity contribution in [3.05, 3.63) is 50.5 Å². The van der Waals surface area contributed by atoms with Crippen LogP contribution in [0.25, 0.3) is 22.5 Å². The third-order valence-corrected chi connectivity index (χ3v) is 5.71. The molecule has 1 aliphatic rings. The van der Waals surface area contributed by atoms with E-state index in [1.54, 1.807) is 29.8 Å². The Morgan fingerprint density at radius 2 is 2.10 bits per heavy atom. The molecule has 0 fully saturated rings. The first-order chi connectivity index (χ1) is 14.0. The maximum atomic E-state index is 12.7. The summed E-state index contributed by atoms with van der Waals surface area (Å²) < 4.78 is 18.4. The first kappa shape index (κ1) is 18.1. The minimum atomic E-state index is -0.493. The van der Waals surface area contributed by atoms with Crippen LogP contribution in [-0.2, 0) is 0 Å². The number of rotatable bonds is 3. The Labute approximate surface area is 175 Å². The van der Waals surface area contributed by atoms with E-state index in [0.29, 0.717) is 50.8 Å². The van der Waals surface area contributed by atoms with Gasteiger partial charge in [-0.05, 0) is 25.1 Å². The van der Waals surface area contributed by atoms with Crippen molar-refractivity contribution in [2.45, 2.75) is 12.1 Å². The van der Waals surface area contributed by atoms with E-state index in [1.807, 2.05) is 6.07 Å². The molecular formula is C18H12BrN5O4S. The van der Waals surface area contributed by atoms with Crippen LogP contribution in [-0.4, -0.2) is 38.6 Å². The molecule has 0 atom stereocenters. The summed E-state index contributed by atoms with van der Waals surface area (Å²) in [4.78, 5) is 12.7. The Balaban J connectivity index is 1.66. The molecular weight excluding hydrogens is 462 g/mol. The van der Waals surface area contributed by atoms with Gasteiger partial charge in [-0.2, -0.15) is 9.78 Å². The number of ether oxygens (including phenoxy) is 1. The van der Waals surface area contributed by atoms with E-state index in [1.165, 1.54) is 18.9 Å². The number of halogens is 1. The van der Waals surface area contributed by atoms with Gasteiger partial charge < -0.3 is 13.7 Å².